The molecule has 0 fully saturated rings. The fraction of sp³-hybridized carbons (Fsp3) is 0. The number of aromatic nitrogens is 4. The van der Waals surface area contributed by atoms with Crippen molar-refractivity contribution >= 4 is 5.69 Å². The monoisotopic (exact) mass is 275 g/mol. The molecule has 2 heterocycles. The molecular formula is C12H7F2N5O. The molecular weight excluding hydrogens is 268 g/mol. The van der Waals surface area contributed by atoms with E-state index in [0.717, 1.165) is 6.07 Å². The average molecular weight is 275 g/mol. The SMILES string of the molecule is Nc1cc(-c2nc(-c3ncccn3)no2)c(F)cc1F. The van der Waals surface area contributed by atoms with Crippen molar-refractivity contribution in [3.05, 3.63) is 42.2 Å². The van der Waals surface area contributed by atoms with Crippen LogP contribution in [-0.4, -0.2) is 20.1 Å². The highest BCUT2D eigenvalue weighted by Gasteiger charge is 2.17. The van der Waals surface area contributed by atoms with E-state index in [-0.39, 0.29) is 28.8 Å². The van der Waals surface area contributed by atoms with Crippen LogP contribution in [0, 0.1) is 11.6 Å². The molecule has 3 rings (SSSR count). The highest BCUT2D eigenvalue weighted by Crippen LogP contribution is 2.26. The van der Waals surface area contributed by atoms with Crippen molar-refractivity contribution in [1.82, 2.24) is 20.1 Å². The van der Waals surface area contributed by atoms with Crippen LogP contribution in [0.5, 0.6) is 0 Å². The van der Waals surface area contributed by atoms with Gasteiger partial charge in [-0.15, -0.1) is 0 Å². The molecule has 2 N–H and O–H groups in total. The minimum atomic E-state index is -0.850. The van der Waals surface area contributed by atoms with Crippen LogP contribution >= 0.6 is 0 Å². The summed E-state index contributed by atoms with van der Waals surface area (Å²) < 4.78 is 31.7. The normalized spacial score (nSPS) is 10.7. The lowest BCUT2D eigenvalue weighted by Crippen LogP contribution is -1.95. The van der Waals surface area contributed by atoms with Gasteiger partial charge in [0.05, 0.1) is 11.3 Å². The van der Waals surface area contributed by atoms with Crippen LogP contribution in [0.15, 0.2) is 35.1 Å². The molecule has 0 radical (unpaired) electrons. The van der Waals surface area contributed by atoms with E-state index in [1.807, 2.05) is 0 Å². The van der Waals surface area contributed by atoms with Gasteiger partial charge >= 0.3 is 0 Å². The van der Waals surface area contributed by atoms with Crippen molar-refractivity contribution in [2.45, 2.75) is 0 Å². The lowest BCUT2D eigenvalue weighted by Gasteiger charge is -2.00. The van der Waals surface area contributed by atoms with Gasteiger partial charge in [0.2, 0.25) is 11.6 Å². The van der Waals surface area contributed by atoms with Crippen LogP contribution in [0.25, 0.3) is 23.1 Å². The number of nitrogens with zero attached hydrogens (tertiary/aromatic N) is 4. The number of halogens is 2. The summed E-state index contributed by atoms with van der Waals surface area (Å²) in [5.41, 5.74) is 5.09. The summed E-state index contributed by atoms with van der Waals surface area (Å²) in [6.45, 7) is 0. The fourth-order valence-corrected chi connectivity index (χ4v) is 1.57. The average Bonchev–Trinajstić information content (AvgIpc) is 2.93. The van der Waals surface area contributed by atoms with Crippen molar-refractivity contribution in [2.75, 3.05) is 5.73 Å². The van der Waals surface area contributed by atoms with Crippen molar-refractivity contribution in [3.63, 3.8) is 0 Å². The summed E-state index contributed by atoms with van der Waals surface area (Å²) in [5, 5.41) is 3.64. The molecule has 20 heavy (non-hydrogen) atoms. The van der Waals surface area contributed by atoms with Gasteiger partial charge in [0.1, 0.15) is 11.6 Å². The van der Waals surface area contributed by atoms with Crippen LogP contribution in [-0.2, 0) is 0 Å². The van der Waals surface area contributed by atoms with E-state index in [1.165, 1.54) is 12.4 Å². The molecule has 0 aliphatic carbocycles. The molecule has 0 bridgehead atoms. The molecule has 0 saturated carbocycles. The Morgan fingerprint density at radius 1 is 1.00 bits per heavy atom. The van der Waals surface area contributed by atoms with Crippen LogP contribution in [0.4, 0.5) is 14.5 Å². The molecule has 3 aromatic rings. The number of hydrogen-bond donors (Lipinski definition) is 1. The van der Waals surface area contributed by atoms with Gasteiger partial charge < -0.3 is 10.3 Å². The number of hydrogen-bond acceptors (Lipinski definition) is 6. The maximum atomic E-state index is 13.7. The molecule has 0 amide bonds. The third-order valence-electron chi connectivity index (χ3n) is 2.51. The van der Waals surface area contributed by atoms with E-state index in [2.05, 4.69) is 20.1 Å². The molecule has 6 nitrogen and oxygen atoms in total. The summed E-state index contributed by atoms with van der Waals surface area (Å²) in [6.07, 6.45) is 3.02. The predicted molar refractivity (Wildman–Crippen MR) is 65.1 cm³/mol. The van der Waals surface area contributed by atoms with E-state index in [0.29, 0.717) is 6.07 Å². The molecule has 0 aliphatic heterocycles. The van der Waals surface area contributed by atoms with Gasteiger partial charge in [-0.25, -0.2) is 18.7 Å². The highest BCUT2D eigenvalue weighted by atomic mass is 19.1. The summed E-state index contributed by atoms with van der Waals surface area (Å²) in [5.74, 6) is -1.49. The second kappa shape index (κ2) is 4.65. The maximum Gasteiger partial charge on any atom is 0.261 e. The third kappa shape index (κ3) is 2.07. The number of benzene rings is 1. The molecule has 0 aliphatic rings. The Balaban J connectivity index is 2.05. The Labute approximate surface area is 111 Å². The standard InChI is InChI=1S/C12H7F2N5O/c13-7-5-8(14)9(15)4-6(7)12-18-11(19-20-12)10-16-2-1-3-17-10/h1-5H,15H2. The first-order chi connectivity index (χ1) is 9.65. The van der Waals surface area contributed by atoms with E-state index in [4.69, 9.17) is 10.3 Å². The minimum Gasteiger partial charge on any atom is -0.396 e. The Hall–Kier alpha value is -2.90. The van der Waals surface area contributed by atoms with E-state index in [1.54, 1.807) is 6.07 Å². The van der Waals surface area contributed by atoms with Crippen molar-refractivity contribution in [3.8, 4) is 23.1 Å². The molecule has 100 valence electrons. The molecule has 0 saturated heterocycles. The second-order valence-corrected chi connectivity index (χ2v) is 3.85. The highest BCUT2D eigenvalue weighted by molar-refractivity contribution is 5.62. The zero-order valence-electron chi connectivity index (χ0n) is 9.92. The van der Waals surface area contributed by atoms with Gasteiger partial charge in [-0.05, 0) is 12.1 Å². The van der Waals surface area contributed by atoms with Crippen LogP contribution < -0.4 is 5.73 Å². The quantitative estimate of drug-likeness (QED) is 0.720. The number of rotatable bonds is 2. The molecule has 0 unspecified atom stereocenters. The first kappa shape index (κ1) is 12.2. The zero-order valence-corrected chi connectivity index (χ0v) is 9.92. The van der Waals surface area contributed by atoms with E-state index in [9.17, 15) is 8.78 Å². The molecule has 0 spiro atoms. The number of nitrogen functional groups attached to an aromatic ring is 1. The van der Waals surface area contributed by atoms with Crippen molar-refractivity contribution in [1.29, 1.82) is 0 Å². The Bertz CT molecular complexity index is 760. The van der Waals surface area contributed by atoms with E-state index >= 15 is 0 Å². The first-order valence-electron chi connectivity index (χ1n) is 5.51. The number of nitrogens with two attached hydrogens (primary N) is 1. The fourth-order valence-electron chi connectivity index (χ4n) is 1.57. The summed E-state index contributed by atoms with van der Waals surface area (Å²) in [4.78, 5) is 11.8. The van der Waals surface area contributed by atoms with Crippen molar-refractivity contribution in [2.24, 2.45) is 0 Å². The smallest absolute Gasteiger partial charge is 0.261 e. The Morgan fingerprint density at radius 3 is 2.50 bits per heavy atom. The van der Waals surface area contributed by atoms with Crippen LogP contribution in [0.2, 0.25) is 0 Å². The van der Waals surface area contributed by atoms with Crippen molar-refractivity contribution < 1.29 is 13.3 Å². The second-order valence-electron chi connectivity index (χ2n) is 3.85. The first-order valence-corrected chi connectivity index (χ1v) is 5.51. The lowest BCUT2D eigenvalue weighted by molar-refractivity contribution is 0.429. The summed E-state index contributed by atoms with van der Waals surface area (Å²) in [7, 11) is 0. The summed E-state index contributed by atoms with van der Waals surface area (Å²) in [6, 6.07) is 3.38. The van der Waals surface area contributed by atoms with Gasteiger partial charge in [-0.3, -0.25) is 0 Å². The Morgan fingerprint density at radius 2 is 1.75 bits per heavy atom. The lowest BCUT2D eigenvalue weighted by atomic mass is 10.2. The molecule has 2 aromatic heterocycles. The maximum absolute atomic E-state index is 13.7. The molecule has 8 heteroatoms. The predicted octanol–water partition coefficient (Wildman–Crippen LogP) is 2.05. The minimum absolute atomic E-state index is 0.0846. The third-order valence-corrected chi connectivity index (χ3v) is 2.51. The van der Waals surface area contributed by atoms with Gasteiger partial charge in [0, 0.05) is 18.5 Å². The topological polar surface area (TPSA) is 90.7 Å². The molecule has 1 aromatic carbocycles. The van der Waals surface area contributed by atoms with Gasteiger partial charge in [-0.1, -0.05) is 5.16 Å². The largest absolute Gasteiger partial charge is 0.396 e. The zero-order chi connectivity index (χ0) is 14.1. The van der Waals surface area contributed by atoms with Crippen LogP contribution in [0.1, 0.15) is 0 Å². The number of anilines is 1. The van der Waals surface area contributed by atoms with Gasteiger partial charge in [-0.2, -0.15) is 4.98 Å². The Kier molecular flexibility index (Phi) is 2.82. The van der Waals surface area contributed by atoms with Crippen LogP contribution in [0.3, 0.4) is 0 Å². The van der Waals surface area contributed by atoms with Gasteiger partial charge in [0.15, 0.2) is 0 Å². The van der Waals surface area contributed by atoms with E-state index < -0.39 is 11.6 Å². The molecule has 0 atom stereocenters. The van der Waals surface area contributed by atoms with Gasteiger partial charge in [0.25, 0.3) is 5.89 Å². The summed E-state index contributed by atoms with van der Waals surface area (Å²) >= 11 is 0.